The van der Waals surface area contributed by atoms with E-state index in [4.69, 9.17) is 0 Å². The van der Waals surface area contributed by atoms with Crippen LogP contribution < -0.4 is 0 Å². The van der Waals surface area contributed by atoms with Crippen molar-refractivity contribution in [3.8, 4) is 5.69 Å². The molecule has 7 heteroatoms. The third-order valence-corrected chi connectivity index (χ3v) is 5.98. The van der Waals surface area contributed by atoms with Crippen molar-refractivity contribution in [2.75, 3.05) is 13.1 Å². The summed E-state index contributed by atoms with van der Waals surface area (Å²) >= 11 is 1.38. The van der Waals surface area contributed by atoms with Crippen LogP contribution in [0.5, 0.6) is 0 Å². The van der Waals surface area contributed by atoms with Crippen molar-refractivity contribution < 1.29 is 4.79 Å². The molecule has 28 heavy (non-hydrogen) atoms. The summed E-state index contributed by atoms with van der Waals surface area (Å²) in [6, 6.07) is 15.9. The maximum Gasteiger partial charge on any atom is 0.240 e. The Morgan fingerprint density at radius 2 is 1.79 bits per heavy atom. The number of hydrogen-bond acceptors (Lipinski definition) is 5. The minimum atomic E-state index is -0.405. The Balaban J connectivity index is 1.97. The number of likely N-dealkylation sites (N-methyl/N-ethyl adjacent to an activating group) is 1. The monoisotopic (exact) mass is 395 g/mol. The second kappa shape index (κ2) is 9.01. The van der Waals surface area contributed by atoms with Crippen molar-refractivity contribution in [1.29, 1.82) is 0 Å². The fourth-order valence-corrected chi connectivity index (χ4v) is 4.05. The fraction of sp³-hybridized carbons (Fsp3) is 0.333. The smallest absolute Gasteiger partial charge is 0.240 e. The highest BCUT2D eigenvalue weighted by Crippen LogP contribution is 2.36. The van der Waals surface area contributed by atoms with Crippen LogP contribution in [0.2, 0.25) is 0 Å². The first-order valence-corrected chi connectivity index (χ1v) is 10.3. The number of aryl methyl sites for hydroxylation is 2. The van der Waals surface area contributed by atoms with Crippen LogP contribution in [0.15, 0.2) is 53.7 Å². The summed E-state index contributed by atoms with van der Waals surface area (Å²) in [6.45, 7) is 9.46. The SMILES string of the molecule is CCN(CC)C(=O)[C@H](Sc1nnnn1-c1ccc(C)c(C)c1)c1ccccc1. The van der Waals surface area contributed by atoms with E-state index in [2.05, 4.69) is 41.5 Å². The average molecular weight is 396 g/mol. The predicted octanol–water partition coefficient (Wildman–Crippen LogP) is 3.98. The Morgan fingerprint density at radius 3 is 2.43 bits per heavy atom. The number of carbonyl (C=O) groups excluding carboxylic acids is 1. The number of nitrogens with zero attached hydrogens (tertiary/aromatic N) is 5. The summed E-state index contributed by atoms with van der Waals surface area (Å²) < 4.78 is 1.70. The molecule has 3 rings (SSSR count). The Morgan fingerprint density at radius 1 is 1.07 bits per heavy atom. The molecule has 0 fully saturated rings. The standard InChI is InChI=1S/C21H25N5OS/c1-5-25(6-2)20(27)19(17-10-8-7-9-11-17)28-21-22-23-24-26(21)18-13-12-15(3)16(4)14-18/h7-14,19H,5-6H2,1-4H3/t19-/m1/s1. The van der Waals surface area contributed by atoms with Crippen LogP contribution in [0.4, 0.5) is 0 Å². The summed E-state index contributed by atoms with van der Waals surface area (Å²) in [7, 11) is 0. The van der Waals surface area contributed by atoms with Crippen molar-refractivity contribution in [1.82, 2.24) is 25.1 Å². The van der Waals surface area contributed by atoms with Crippen LogP contribution in [-0.4, -0.2) is 44.1 Å². The van der Waals surface area contributed by atoms with Gasteiger partial charge in [-0.1, -0.05) is 48.2 Å². The van der Waals surface area contributed by atoms with Crippen LogP contribution >= 0.6 is 11.8 Å². The lowest BCUT2D eigenvalue weighted by molar-refractivity contribution is -0.130. The number of carbonyl (C=O) groups is 1. The Hall–Kier alpha value is -2.67. The minimum absolute atomic E-state index is 0.0656. The number of tetrazole rings is 1. The van der Waals surface area contributed by atoms with Crippen LogP contribution in [0.3, 0.4) is 0 Å². The quantitative estimate of drug-likeness (QED) is 0.566. The van der Waals surface area contributed by atoms with Crippen molar-refractivity contribution in [3.63, 3.8) is 0 Å². The molecule has 0 spiro atoms. The lowest BCUT2D eigenvalue weighted by atomic mass is 10.1. The van der Waals surface area contributed by atoms with E-state index in [1.807, 2.05) is 55.1 Å². The molecule has 3 aromatic rings. The molecule has 0 aliphatic heterocycles. The molecule has 1 heterocycles. The van der Waals surface area contributed by atoms with Gasteiger partial charge in [0, 0.05) is 13.1 Å². The van der Waals surface area contributed by atoms with Crippen LogP contribution in [-0.2, 0) is 4.79 Å². The summed E-state index contributed by atoms with van der Waals surface area (Å²) in [5, 5.41) is 12.4. The van der Waals surface area contributed by atoms with Gasteiger partial charge in [-0.2, -0.15) is 4.68 Å². The number of thioether (sulfide) groups is 1. The molecule has 1 atom stereocenters. The predicted molar refractivity (Wildman–Crippen MR) is 112 cm³/mol. The lowest BCUT2D eigenvalue weighted by Crippen LogP contribution is -2.34. The zero-order valence-electron chi connectivity index (χ0n) is 16.7. The maximum atomic E-state index is 13.2. The molecule has 0 N–H and O–H groups in total. The Labute approximate surface area is 169 Å². The summed E-state index contributed by atoms with van der Waals surface area (Å²) in [5.74, 6) is 0.0656. The zero-order valence-corrected chi connectivity index (χ0v) is 17.5. The van der Waals surface area contributed by atoms with Gasteiger partial charge in [-0.15, -0.1) is 5.10 Å². The lowest BCUT2D eigenvalue weighted by Gasteiger charge is -2.24. The molecular formula is C21H25N5OS. The van der Waals surface area contributed by atoms with Gasteiger partial charge in [-0.3, -0.25) is 4.79 Å². The van der Waals surface area contributed by atoms with Gasteiger partial charge in [0.25, 0.3) is 0 Å². The molecule has 0 saturated carbocycles. The third kappa shape index (κ3) is 4.25. The van der Waals surface area contributed by atoms with Gasteiger partial charge < -0.3 is 4.90 Å². The fourth-order valence-electron chi connectivity index (χ4n) is 2.97. The zero-order chi connectivity index (χ0) is 20.1. The highest BCUT2D eigenvalue weighted by Gasteiger charge is 2.28. The summed E-state index contributed by atoms with van der Waals surface area (Å²) in [6.07, 6.45) is 0. The van der Waals surface area contributed by atoms with E-state index in [0.29, 0.717) is 18.2 Å². The first-order valence-electron chi connectivity index (χ1n) is 9.41. The number of rotatable bonds is 7. The molecule has 1 aromatic heterocycles. The maximum absolute atomic E-state index is 13.2. The molecule has 6 nitrogen and oxygen atoms in total. The molecular weight excluding hydrogens is 370 g/mol. The van der Waals surface area contributed by atoms with Crippen molar-refractivity contribution in [3.05, 3.63) is 65.2 Å². The third-order valence-electron chi connectivity index (χ3n) is 4.80. The molecule has 0 bridgehead atoms. The highest BCUT2D eigenvalue weighted by atomic mass is 32.2. The van der Waals surface area contributed by atoms with Gasteiger partial charge in [0.2, 0.25) is 11.1 Å². The van der Waals surface area contributed by atoms with E-state index in [1.165, 1.54) is 22.9 Å². The summed E-state index contributed by atoms with van der Waals surface area (Å²) in [5.41, 5.74) is 4.21. The molecule has 2 aromatic carbocycles. The highest BCUT2D eigenvalue weighted by molar-refractivity contribution is 8.00. The topological polar surface area (TPSA) is 63.9 Å². The van der Waals surface area contributed by atoms with Gasteiger partial charge >= 0.3 is 0 Å². The van der Waals surface area contributed by atoms with E-state index in [-0.39, 0.29) is 5.91 Å². The van der Waals surface area contributed by atoms with E-state index >= 15 is 0 Å². The van der Waals surface area contributed by atoms with Crippen LogP contribution in [0, 0.1) is 13.8 Å². The van der Waals surface area contributed by atoms with Crippen LogP contribution in [0.25, 0.3) is 5.69 Å². The molecule has 146 valence electrons. The van der Waals surface area contributed by atoms with Crippen LogP contribution in [0.1, 0.15) is 35.8 Å². The van der Waals surface area contributed by atoms with Gasteiger partial charge in [0.05, 0.1) is 5.69 Å². The van der Waals surface area contributed by atoms with Gasteiger partial charge in [-0.05, 0) is 66.9 Å². The number of amides is 1. The molecule has 1 amide bonds. The summed E-state index contributed by atoms with van der Waals surface area (Å²) in [4.78, 5) is 15.0. The average Bonchev–Trinajstić information content (AvgIpc) is 3.18. The van der Waals surface area contributed by atoms with Gasteiger partial charge in [0.15, 0.2) is 0 Å². The molecule has 0 radical (unpaired) electrons. The van der Waals surface area contributed by atoms with Crippen molar-refractivity contribution in [2.45, 2.75) is 38.1 Å². The normalized spacial score (nSPS) is 12.0. The first kappa shape index (κ1) is 20.1. The minimum Gasteiger partial charge on any atom is -0.342 e. The van der Waals surface area contributed by atoms with Gasteiger partial charge in [-0.25, -0.2) is 0 Å². The first-order chi connectivity index (χ1) is 13.5. The van der Waals surface area contributed by atoms with Gasteiger partial charge in [0.1, 0.15) is 5.25 Å². The molecule has 0 unspecified atom stereocenters. The second-order valence-corrected chi connectivity index (χ2v) is 7.63. The van der Waals surface area contributed by atoms with E-state index in [1.54, 1.807) is 4.68 Å². The number of hydrogen-bond donors (Lipinski definition) is 0. The molecule has 0 aliphatic rings. The molecule has 0 aliphatic carbocycles. The van der Waals surface area contributed by atoms with Crippen molar-refractivity contribution >= 4 is 17.7 Å². The Bertz CT molecular complexity index is 937. The largest absolute Gasteiger partial charge is 0.342 e. The van der Waals surface area contributed by atoms with E-state index in [9.17, 15) is 4.79 Å². The Kier molecular flexibility index (Phi) is 6.46. The molecule has 0 saturated heterocycles. The van der Waals surface area contributed by atoms with E-state index in [0.717, 1.165) is 11.3 Å². The second-order valence-electron chi connectivity index (χ2n) is 6.56. The number of benzene rings is 2. The van der Waals surface area contributed by atoms with E-state index < -0.39 is 5.25 Å². The van der Waals surface area contributed by atoms with Crippen molar-refractivity contribution in [2.24, 2.45) is 0 Å². The number of aromatic nitrogens is 4.